The van der Waals surface area contributed by atoms with E-state index in [1.165, 1.54) is 54.6 Å². The molecule has 6 aromatic carbocycles. The Labute approximate surface area is 316 Å². The molecular formula is C46H31N3O6. The molecule has 0 atom stereocenters. The summed E-state index contributed by atoms with van der Waals surface area (Å²) in [6.07, 6.45) is 6.27. The summed E-state index contributed by atoms with van der Waals surface area (Å²) in [6, 6.07) is 42.1. The van der Waals surface area contributed by atoms with Gasteiger partial charge < -0.3 is 10.6 Å². The third-order valence-electron chi connectivity index (χ3n) is 8.80. The second-order valence-electron chi connectivity index (χ2n) is 12.5. The van der Waals surface area contributed by atoms with E-state index in [9.17, 15) is 28.8 Å². The molecule has 9 nitrogen and oxygen atoms in total. The van der Waals surface area contributed by atoms with Crippen LogP contribution in [-0.2, 0) is 0 Å². The van der Waals surface area contributed by atoms with Gasteiger partial charge in [0.25, 0.3) is 23.6 Å². The first kappa shape index (κ1) is 35.6. The molecule has 55 heavy (non-hydrogen) atoms. The molecule has 2 N–H and O–H groups in total. The van der Waals surface area contributed by atoms with Crippen LogP contribution in [0.25, 0.3) is 12.2 Å². The van der Waals surface area contributed by atoms with Crippen molar-refractivity contribution in [1.29, 1.82) is 0 Å². The molecule has 0 aromatic heterocycles. The fourth-order valence-corrected chi connectivity index (χ4v) is 5.97. The van der Waals surface area contributed by atoms with Crippen LogP contribution in [-0.4, -0.2) is 35.2 Å². The average Bonchev–Trinajstić information content (AvgIpc) is 3.47. The van der Waals surface area contributed by atoms with Gasteiger partial charge in [0.2, 0.25) is 0 Å². The van der Waals surface area contributed by atoms with Gasteiger partial charge in [-0.05, 0) is 90.0 Å². The molecule has 0 saturated heterocycles. The second-order valence-corrected chi connectivity index (χ2v) is 12.5. The molecule has 0 bridgehead atoms. The van der Waals surface area contributed by atoms with Crippen molar-refractivity contribution in [3.63, 3.8) is 0 Å². The number of fused-ring (bicyclic) bond motifs is 1. The Kier molecular flexibility index (Phi) is 10.3. The minimum atomic E-state index is -0.599. The number of imide groups is 1. The molecule has 1 aliphatic rings. The monoisotopic (exact) mass is 721 g/mol. The Hall–Kier alpha value is -7.78. The topological polar surface area (TPSA) is 130 Å². The van der Waals surface area contributed by atoms with E-state index in [1.54, 1.807) is 103 Å². The number of nitrogens with one attached hydrogen (secondary N) is 2. The maximum Gasteiger partial charge on any atom is 0.266 e. The third-order valence-corrected chi connectivity index (χ3v) is 8.80. The number of nitrogens with zero attached hydrogens (tertiary/aromatic N) is 1. The quantitative estimate of drug-likeness (QED) is 0.0782. The van der Waals surface area contributed by atoms with Crippen LogP contribution in [0.15, 0.2) is 164 Å². The van der Waals surface area contributed by atoms with Gasteiger partial charge >= 0.3 is 0 Å². The first-order valence-corrected chi connectivity index (χ1v) is 17.2. The Morgan fingerprint density at radius 2 is 0.909 bits per heavy atom. The smallest absolute Gasteiger partial charge is 0.266 e. The van der Waals surface area contributed by atoms with Gasteiger partial charge in [0, 0.05) is 33.6 Å². The average molecular weight is 722 g/mol. The molecule has 1 aliphatic heterocycles. The highest BCUT2D eigenvalue weighted by atomic mass is 16.2. The first-order chi connectivity index (χ1) is 26.7. The van der Waals surface area contributed by atoms with Crippen LogP contribution in [0.5, 0.6) is 0 Å². The molecule has 4 amide bonds. The number of ketones is 2. The van der Waals surface area contributed by atoms with Crippen LogP contribution in [0.2, 0.25) is 0 Å². The van der Waals surface area contributed by atoms with Crippen LogP contribution in [0.3, 0.4) is 0 Å². The lowest BCUT2D eigenvalue weighted by atomic mass is 10.0. The summed E-state index contributed by atoms with van der Waals surface area (Å²) in [5.74, 6) is -2.33. The van der Waals surface area contributed by atoms with Gasteiger partial charge in [0.1, 0.15) is 0 Å². The maximum atomic E-state index is 13.5. The lowest BCUT2D eigenvalue weighted by Crippen LogP contribution is -2.29. The molecule has 9 heteroatoms. The first-order valence-electron chi connectivity index (χ1n) is 17.2. The summed E-state index contributed by atoms with van der Waals surface area (Å²) in [6.45, 7) is 0. The summed E-state index contributed by atoms with van der Waals surface area (Å²) < 4.78 is 0. The van der Waals surface area contributed by atoms with Gasteiger partial charge in [-0.2, -0.15) is 0 Å². The minimum Gasteiger partial charge on any atom is -0.322 e. The SMILES string of the molecule is O=C(C=Cc1cccc(NC(=O)c2ccc(N3C(=O)c4ccc(C(=O)Nc5cccc(C=CC(=O)c6ccccc6)c5)cc4C3=O)cc2)c1)c1ccccc1. The van der Waals surface area contributed by atoms with E-state index in [-0.39, 0.29) is 33.9 Å². The minimum absolute atomic E-state index is 0.0787. The Morgan fingerprint density at radius 1 is 0.436 bits per heavy atom. The summed E-state index contributed by atoms with van der Waals surface area (Å²) in [5.41, 5.74) is 4.52. The van der Waals surface area contributed by atoms with E-state index in [0.29, 0.717) is 33.6 Å². The number of anilines is 3. The van der Waals surface area contributed by atoms with Gasteiger partial charge in [-0.25, -0.2) is 4.90 Å². The van der Waals surface area contributed by atoms with Gasteiger partial charge in [0.05, 0.1) is 16.8 Å². The molecule has 0 fully saturated rings. The molecular weight excluding hydrogens is 691 g/mol. The molecule has 266 valence electrons. The summed E-state index contributed by atoms with van der Waals surface area (Å²) >= 11 is 0. The number of carbonyl (C=O) groups is 6. The molecule has 0 unspecified atom stereocenters. The molecule has 0 aliphatic carbocycles. The number of benzene rings is 6. The maximum absolute atomic E-state index is 13.5. The van der Waals surface area contributed by atoms with Crippen molar-refractivity contribution in [1.82, 2.24) is 0 Å². The van der Waals surface area contributed by atoms with Crippen molar-refractivity contribution >= 4 is 64.4 Å². The molecule has 1 heterocycles. The van der Waals surface area contributed by atoms with Crippen LogP contribution in [0, 0.1) is 0 Å². The predicted octanol–water partition coefficient (Wildman–Crippen LogP) is 8.78. The van der Waals surface area contributed by atoms with Gasteiger partial charge in [-0.3, -0.25) is 28.8 Å². The second kappa shape index (κ2) is 15.9. The number of hydrogen-bond donors (Lipinski definition) is 2. The van der Waals surface area contributed by atoms with Crippen LogP contribution in [0.4, 0.5) is 17.1 Å². The van der Waals surface area contributed by atoms with E-state index in [4.69, 9.17) is 0 Å². The lowest BCUT2D eigenvalue weighted by Gasteiger charge is -2.14. The van der Waals surface area contributed by atoms with Crippen molar-refractivity contribution in [3.8, 4) is 0 Å². The van der Waals surface area contributed by atoms with E-state index in [0.717, 1.165) is 10.5 Å². The van der Waals surface area contributed by atoms with Crippen LogP contribution < -0.4 is 15.5 Å². The van der Waals surface area contributed by atoms with E-state index < -0.39 is 23.6 Å². The number of allylic oxidation sites excluding steroid dienone is 2. The fraction of sp³-hybridized carbons (Fsp3) is 0. The molecule has 6 aromatic rings. The number of hydrogen-bond acceptors (Lipinski definition) is 6. The van der Waals surface area contributed by atoms with Gasteiger partial charge in [-0.1, -0.05) is 97.1 Å². The van der Waals surface area contributed by atoms with E-state index >= 15 is 0 Å². The van der Waals surface area contributed by atoms with Crippen LogP contribution >= 0.6 is 0 Å². The standard InChI is InChI=1S/C46H31N3O6/c50-41(32-11-3-1-4-12-32)25-17-30-9-7-15-36(27-30)47-43(52)34-19-22-38(23-20-34)49-45(54)39-24-21-35(29-40(39)46(49)55)44(53)48-37-16-8-10-31(28-37)18-26-42(51)33-13-5-2-6-14-33/h1-29H,(H,47,52)(H,48,53). The van der Waals surface area contributed by atoms with Gasteiger partial charge in [0.15, 0.2) is 11.6 Å². The highest BCUT2D eigenvalue weighted by Gasteiger charge is 2.37. The summed E-state index contributed by atoms with van der Waals surface area (Å²) in [4.78, 5) is 79.1. The Balaban J connectivity index is 0.986. The molecule has 7 rings (SSSR count). The Bertz CT molecular complexity index is 2540. The zero-order valence-electron chi connectivity index (χ0n) is 29.1. The van der Waals surface area contributed by atoms with E-state index in [1.807, 2.05) is 18.2 Å². The molecule has 0 spiro atoms. The van der Waals surface area contributed by atoms with Gasteiger partial charge in [-0.15, -0.1) is 0 Å². The number of rotatable bonds is 11. The normalized spacial score (nSPS) is 12.2. The van der Waals surface area contributed by atoms with Crippen molar-refractivity contribution in [2.75, 3.05) is 15.5 Å². The zero-order valence-corrected chi connectivity index (χ0v) is 29.1. The summed E-state index contributed by atoms with van der Waals surface area (Å²) in [7, 11) is 0. The fourth-order valence-electron chi connectivity index (χ4n) is 5.97. The number of carbonyl (C=O) groups excluding carboxylic acids is 6. The predicted molar refractivity (Wildman–Crippen MR) is 212 cm³/mol. The van der Waals surface area contributed by atoms with E-state index in [2.05, 4.69) is 10.6 Å². The lowest BCUT2D eigenvalue weighted by molar-refractivity contribution is 0.0923. The van der Waals surface area contributed by atoms with Crippen molar-refractivity contribution in [2.24, 2.45) is 0 Å². The van der Waals surface area contributed by atoms with Crippen molar-refractivity contribution in [3.05, 3.63) is 208 Å². The summed E-state index contributed by atoms with van der Waals surface area (Å²) in [5, 5.41) is 5.64. The highest BCUT2D eigenvalue weighted by Crippen LogP contribution is 2.30. The van der Waals surface area contributed by atoms with Crippen molar-refractivity contribution in [2.45, 2.75) is 0 Å². The van der Waals surface area contributed by atoms with Crippen LogP contribution in [0.1, 0.15) is 73.3 Å². The Morgan fingerprint density at radius 3 is 1.44 bits per heavy atom. The molecule has 0 saturated carbocycles. The number of amides is 4. The third kappa shape index (κ3) is 8.16. The van der Waals surface area contributed by atoms with Crippen molar-refractivity contribution < 1.29 is 28.8 Å². The zero-order chi connectivity index (χ0) is 38.3. The highest BCUT2D eigenvalue weighted by molar-refractivity contribution is 6.35. The molecule has 0 radical (unpaired) electrons. The largest absolute Gasteiger partial charge is 0.322 e.